The number of aliphatic hydroxyl groups is 1. The maximum atomic E-state index is 14.0. The summed E-state index contributed by atoms with van der Waals surface area (Å²) in [6, 6.07) is 8.50. The summed E-state index contributed by atoms with van der Waals surface area (Å²) >= 11 is 0. The van der Waals surface area contributed by atoms with Crippen LogP contribution in [0.2, 0.25) is 0 Å². The quantitative estimate of drug-likeness (QED) is 0.502. The average Bonchev–Trinajstić information content (AvgIpc) is 2.65. The second-order valence-electron chi connectivity index (χ2n) is 6.46. The van der Waals surface area contributed by atoms with Crippen LogP contribution in [0.3, 0.4) is 0 Å². The average molecular weight is 436 g/mol. The van der Waals surface area contributed by atoms with Gasteiger partial charge in [0.1, 0.15) is 5.82 Å². The van der Waals surface area contributed by atoms with Crippen LogP contribution >= 0.6 is 12.4 Å². The smallest absolute Gasteiger partial charge is 0.416 e. The summed E-state index contributed by atoms with van der Waals surface area (Å²) in [6.45, 7) is 1.83. The third-order valence-electron chi connectivity index (χ3n) is 4.24. The van der Waals surface area contributed by atoms with Crippen molar-refractivity contribution in [1.82, 2.24) is 5.32 Å². The first kappa shape index (κ1) is 24.9. The molecule has 9 heteroatoms. The third kappa shape index (κ3) is 6.99. The van der Waals surface area contributed by atoms with Gasteiger partial charge in [0.2, 0.25) is 0 Å². The predicted molar refractivity (Wildman–Crippen MR) is 103 cm³/mol. The Morgan fingerprint density at radius 3 is 2.48 bits per heavy atom. The molecule has 0 aromatic heterocycles. The van der Waals surface area contributed by atoms with Gasteiger partial charge in [-0.05, 0) is 48.7 Å². The molecular formula is C20H22ClF4NO3. The van der Waals surface area contributed by atoms with Crippen LogP contribution in [0.25, 0.3) is 0 Å². The summed E-state index contributed by atoms with van der Waals surface area (Å²) in [5.41, 5.74) is -0.202. The second-order valence-corrected chi connectivity index (χ2v) is 6.46. The van der Waals surface area contributed by atoms with Gasteiger partial charge in [-0.25, -0.2) is 9.18 Å². The summed E-state index contributed by atoms with van der Waals surface area (Å²) < 4.78 is 56.7. The Hall–Kier alpha value is -2.16. The Morgan fingerprint density at radius 1 is 1.21 bits per heavy atom. The molecule has 2 aromatic carbocycles. The van der Waals surface area contributed by atoms with Crippen LogP contribution in [0, 0.1) is 5.82 Å². The summed E-state index contributed by atoms with van der Waals surface area (Å²) in [6.07, 6.45) is -5.20. The normalized spacial score (nSPS) is 13.3. The Balaban J connectivity index is 0.00000420. The first-order valence-electron chi connectivity index (χ1n) is 8.57. The highest BCUT2D eigenvalue weighted by Gasteiger charge is 2.30. The van der Waals surface area contributed by atoms with Crippen molar-refractivity contribution in [2.45, 2.75) is 31.7 Å². The largest absolute Gasteiger partial charge is 0.465 e. The van der Waals surface area contributed by atoms with Crippen LogP contribution in [0.1, 0.15) is 40.1 Å². The number of hydrogen-bond acceptors (Lipinski definition) is 4. The highest BCUT2D eigenvalue weighted by atomic mass is 35.5. The molecule has 0 radical (unpaired) electrons. The van der Waals surface area contributed by atoms with E-state index in [1.165, 1.54) is 24.3 Å². The van der Waals surface area contributed by atoms with Crippen LogP contribution in [-0.2, 0) is 17.3 Å². The topological polar surface area (TPSA) is 58.6 Å². The second kappa shape index (κ2) is 10.6. The fourth-order valence-corrected chi connectivity index (χ4v) is 2.74. The number of halogens is 5. The molecule has 2 N–H and O–H groups in total. The van der Waals surface area contributed by atoms with Gasteiger partial charge in [0.05, 0.1) is 24.3 Å². The lowest BCUT2D eigenvalue weighted by atomic mass is 10.0. The van der Waals surface area contributed by atoms with Crippen molar-refractivity contribution >= 4 is 18.4 Å². The Kier molecular flexibility index (Phi) is 9.07. The van der Waals surface area contributed by atoms with Gasteiger partial charge >= 0.3 is 12.1 Å². The molecule has 0 saturated heterocycles. The zero-order chi connectivity index (χ0) is 20.9. The summed E-state index contributed by atoms with van der Waals surface area (Å²) in [5.74, 6) is -1.46. The van der Waals surface area contributed by atoms with Crippen molar-refractivity contribution in [3.8, 4) is 0 Å². The molecule has 2 unspecified atom stereocenters. The molecule has 0 fully saturated rings. The number of nitrogens with one attached hydrogen (secondary N) is 1. The molecular weight excluding hydrogens is 414 g/mol. The number of benzene rings is 2. The molecule has 0 saturated carbocycles. The number of carbonyl (C=O) groups excluding carboxylic acids is 1. The maximum Gasteiger partial charge on any atom is 0.416 e. The van der Waals surface area contributed by atoms with E-state index in [0.717, 1.165) is 19.2 Å². The van der Waals surface area contributed by atoms with Gasteiger partial charge < -0.3 is 15.2 Å². The predicted octanol–water partition coefficient (Wildman–Crippen LogP) is 4.31. The lowest BCUT2D eigenvalue weighted by molar-refractivity contribution is -0.137. The van der Waals surface area contributed by atoms with E-state index in [2.05, 4.69) is 10.1 Å². The fourth-order valence-electron chi connectivity index (χ4n) is 2.74. The van der Waals surface area contributed by atoms with Gasteiger partial charge in [0, 0.05) is 12.6 Å². The summed E-state index contributed by atoms with van der Waals surface area (Å²) in [5, 5.41) is 13.2. The van der Waals surface area contributed by atoms with Crippen LogP contribution in [0.5, 0.6) is 0 Å². The Morgan fingerprint density at radius 2 is 1.90 bits per heavy atom. The Bertz CT molecular complexity index is 830. The van der Waals surface area contributed by atoms with Crippen LogP contribution in [0.15, 0.2) is 42.5 Å². The SMILES string of the molecule is COC(=O)c1ccc(CC(C)NCC(O)c2cccc(C(F)(F)F)c2)cc1F.Cl. The summed E-state index contributed by atoms with van der Waals surface area (Å²) in [7, 11) is 1.16. The fraction of sp³-hybridized carbons (Fsp3) is 0.350. The molecule has 0 bridgehead atoms. The van der Waals surface area contributed by atoms with Crippen LogP contribution in [-0.4, -0.2) is 30.8 Å². The molecule has 0 aliphatic rings. The minimum absolute atomic E-state index is 0. The minimum atomic E-state index is -4.48. The van der Waals surface area contributed by atoms with Crippen molar-refractivity contribution in [2.75, 3.05) is 13.7 Å². The molecule has 0 aliphatic heterocycles. The highest BCUT2D eigenvalue weighted by Crippen LogP contribution is 2.30. The number of methoxy groups -OCH3 is 1. The molecule has 4 nitrogen and oxygen atoms in total. The molecule has 0 spiro atoms. The van der Waals surface area contributed by atoms with Gasteiger partial charge in [0.15, 0.2) is 0 Å². The van der Waals surface area contributed by atoms with Gasteiger partial charge in [-0.2, -0.15) is 13.2 Å². The van der Waals surface area contributed by atoms with E-state index in [9.17, 15) is 27.5 Å². The molecule has 0 aliphatic carbocycles. The molecule has 2 aromatic rings. The molecule has 2 rings (SSSR count). The van der Waals surface area contributed by atoms with E-state index >= 15 is 0 Å². The molecule has 0 amide bonds. The number of ether oxygens (including phenoxy) is 1. The minimum Gasteiger partial charge on any atom is -0.465 e. The zero-order valence-electron chi connectivity index (χ0n) is 15.8. The number of hydrogen-bond donors (Lipinski definition) is 2. The van der Waals surface area contributed by atoms with Gasteiger partial charge in [-0.15, -0.1) is 12.4 Å². The molecule has 0 heterocycles. The number of esters is 1. The zero-order valence-corrected chi connectivity index (χ0v) is 16.6. The first-order valence-corrected chi connectivity index (χ1v) is 8.57. The highest BCUT2D eigenvalue weighted by molar-refractivity contribution is 5.89. The van der Waals surface area contributed by atoms with E-state index in [1.807, 2.05) is 0 Å². The van der Waals surface area contributed by atoms with Crippen LogP contribution < -0.4 is 5.32 Å². The summed E-state index contributed by atoms with van der Waals surface area (Å²) in [4.78, 5) is 11.4. The Labute approximate surface area is 172 Å². The van der Waals surface area contributed by atoms with Crippen molar-refractivity contribution in [3.63, 3.8) is 0 Å². The third-order valence-corrected chi connectivity index (χ3v) is 4.24. The van der Waals surface area contributed by atoms with E-state index < -0.39 is 29.6 Å². The monoisotopic (exact) mass is 435 g/mol. The number of alkyl halides is 3. The van der Waals surface area contributed by atoms with E-state index in [4.69, 9.17) is 0 Å². The molecule has 2 atom stereocenters. The standard InChI is InChI=1S/C20H21F4NO3.ClH/c1-12(8-13-6-7-16(17(21)9-13)19(27)28-2)25-11-18(26)14-4-3-5-15(10-14)20(22,23)24;/h3-7,9-10,12,18,25-26H,8,11H2,1-2H3;1H. The van der Waals surface area contributed by atoms with Gasteiger partial charge in [-0.1, -0.05) is 18.2 Å². The molecule has 29 heavy (non-hydrogen) atoms. The lowest BCUT2D eigenvalue weighted by Crippen LogP contribution is -2.32. The van der Waals surface area contributed by atoms with Crippen LogP contribution in [0.4, 0.5) is 17.6 Å². The van der Waals surface area contributed by atoms with Crippen molar-refractivity contribution in [3.05, 3.63) is 70.5 Å². The van der Waals surface area contributed by atoms with Crippen molar-refractivity contribution in [2.24, 2.45) is 0 Å². The lowest BCUT2D eigenvalue weighted by Gasteiger charge is -2.18. The van der Waals surface area contributed by atoms with Crippen molar-refractivity contribution < 1.29 is 32.2 Å². The van der Waals surface area contributed by atoms with Gasteiger partial charge in [0.25, 0.3) is 0 Å². The number of rotatable bonds is 7. The maximum absolute atomic E-state index is 14.0. The first-order chi connectivity index (χ1) is 13.1. The van der Waals surface area contributed by atoms with Gasteiger partial charge in [-0.3, -0.25) is 0 Å². The number of aliphatic hydroxyl groups excluding tert-OH is 1. The van der Waals surface area contributed by atoms with E-state index in [0.29, 0.717) is 12.0 Å². The van der Waals surface area contributed by atoms with E-state index in [1.54, 1.807) is 13.0 Å². The number of carbonyl (C=O) groups is 1. The van der Waals surface area contributed by atoms with Crippen molar-refractivity contribution in [1.29, 1.82) is 0 Å². The van der Waals surface area contributed by atoms with E-state index in [-0.39, 0.29) is 36.1 Å². The molecule has 160 valence electrons.